The second kappa shape index (κ2) is 9.33. The Bertz CT molecular complexity index is 619. The molecule has 0 radical (unpaired) electrons. The largest absolute Gasteiger partial charge is 0.293 e. The maximum atomic E-state index is 11.8. The van der Waals surface area contributed by atoms with E-state index in [0.29, 0.717) is 6.42 Å². The third-order valence-corrected chi connectivity index (χ3v) is 2.79. The average molecular weight is 344 g/mol. The van der Waals surface area contributed by atoms with Gasteiger partial charge in [0.05, 0.1) is 11.1 Å². The van der Waals surface area contributed by atoms with Gasteiger partial charge in [-0.05, 0) is 10.8 Å². The van der Waals surface area contributed by atoms with Crippen LogP contribution in [0.1, 0.15) is 68.7 Å². The molecule has 0 fully saturated rings. The normalized spacial score (nSPS) is 12.2. The van der Waals surface area contributed by atoms with Gasteiger partial charge in [0.2, 0.25) is 0 Å². The van der Waals surface area contributed by atoms with Gasteiger partial charge in [0.25, 0.3) is 0 Å². The maximum Gasteiger partial charge on any atom is 0.178 e. The van der Waals surface area contributed by atoms with Gasteiger partial charge in [-0.2, -0.15) is 10.5 Å². The van der Waals surface area contributed by atoms with Gasteiger partial charge in [-0.15, -0.1) is 0 Å². The maximum absolute atomic E-state index is 11.8. The fraction of sp³-hybridized carbons (Fsp3) is 0.619. The molecule has 0 aliphatic heterocycles. The highest BCUT2D eigenvalue weighted by molar-refractivity contribution is 6.02. The van der Waals surface area contributed by atoms with Crippen LogP contribution in [0.15, 0.2) is 23.8 Å². The number of ketones is 2. The minimum absolute atomic E-state index is 0.0555. The molecule has 25 heavy (non-hydrogen) atoms. The monoisotopic (exact) mass is 344 g/mol. The molecular weight excluding hydrogens is 312 g/mol. The molecule has 0 aliphatic carbocycles. The van der Waals surface area contributed by atoms with E-state index in [0.717, 1.165) is 0 Å². The van der Waals surface area contributed by atoms with Crippen LogP contribution in [0.2, 0.25) is 0 Å². The number of rotatable bonds is 3. The van der Waals surface area contributed by atoms with Crippen molar-refractivity contribution in [1.29, 1.82) is 10.5 Å². The number of hydrogen-bond donors (Lipinski definition) is 0. The molecule has 0 aromatic carbocycles. The molecule has 4 heteroatoms. The van der Waals surface area contributed by atoms with Gasteiger partial charge in [-0.1, -0.05) is 75.0 Å². The number of allylic oxidation sites excluding steroid dienone is 3. The van der Waals surface area contributed by atoms with Gasteiger partial charge in [0, 0.05) is 11.8 Å². The minimum Gasteiger partial charge on any atom is -0.293 e. The highest BCUT2D eigenvalue weighted by atomic mass is 16.1. The molecule has 0 aliphatic rings. The molecule has 0 aromatic heterocycles. The van der Waals surface area contributed by atoms with Gasteiger partial charge in [0.15, 0.2) is 11.6 Å². The van der Waals surface area contributed by atoms with Crippen molar-refractivity contribution in [2.45, 2.75) is 68.7 Å². The van der Waals surface area contributed by atoms with Crippen molar-refractivity contribution in [3.8, 4) is 12.1 Å². The number of carbonyl (C=O) groups excluding carboxylic acids is 2. The molecule has 4 nitrogen and oxygen atoms in total. The summed E-state index contributed by atoms with van der Waals surface area (Å²) in [5.74, 6) is -0.241. The summed E-state index contributed by atoms with van der Waals surface area (Å²) in [6.07, 6.45) is 2.12. The van der Waals surface area contributed by atoms with E-state index in [-0.39, 0.29) is 33.5 Å². The van der Waals surface area contributed by atoms with Crippen molar-refractivity contribution in [3.05, 3.63) is 23.8 Å². The Kier molecular flexibility index (Phi) is 9.34. The Labute approximate surface area is 153 Å². The molecular formula is C21H32N2O2. The van der Waals surface area contributed by atoms with Crippen LogP contribution < -0.4 is 0 Å². The van der Waals surface area contributed by atoms with E-state index >= 15 is 0 Å². The van der Waals surface area contributed by atoms with Gasteiger partial charge < -0.3 is 0 Å². The zero-order valence-electron chi connectivity index (χ0n) is 17.2. The van der Waals surface area contributed by atoms with Crippen molar-refractivity contribution >= 4 is 11.6 Å². The van der Waals surface area contributed by atoms with E-state index in [1.165, 1.54) is 0 Å². The van der Waals surface area contributed by atoms with Crippen LogP contribution in [0.25, 0.3) is 0 Å². The molecule has 138 valence electrons. The number of Topliss-reactive ketones (excluding diaryl/α,β-unsaturated/α-hetero) is 2. The molecule has 0 spiro atoms. The summed E-state index contributed by atoms with van der Waals surface area (Å²) in [6, 6.07) is 3.72. The second-order valence-electron chi connectivity index (χ2n) is 9.37. The molecule has 0 amide bonds. The Balaban J connectivity index is 0. The van der Waals surface area contributed by atoms with Crippen molar-refractivity contribution < 1.29 is 9.59 Å². The highest BCUT2D eigenvalue weighted by Crippen LogP contribution is 2.24. The first kappa shape index (κ1) is 25.0. The number of nitriles is 2. The molecule has 0 atom stereocenters. The Morgan fingerprint density at radius 3 is 1.60 bits per heavy atom. The van der Waals surface area contributed by atoms with E-state index in [4.69, 9.17) is 10.5 Å². The Morgan fingerprint density at radius 2 is 1.36 bits per heavy atom. The zero-order chi connectivity index (χ0) is 20.6. The number of hydrogen-bond acceptors (Lipinski definition) is 4. The first-order valence-corrected chi connectivity index (χ1v) is 8.24. The third-order valence-electron chi connectivity index (χ3n) is 2.79. The lowest BCUT2D eigenvalue weighted by Gasteiger charge is -2.18. The first-order valence-electron chi connectivity index (χ1n) is 8.24. The second-order valence-corrected chi connectivity index (χ2v) is 9.37. The molecule has 0 N–H and O–H groups in total. The lowest BCUT2D eigenvalue weighted by Crippen LogP contribution is -2.22. The zero-order valence-corrected chi connectivity index (χ0v) is 17.2. The van der Waals surface area contributed by atoms with Crippen LogP contribution in [0.5, 0.6) is 0 Å². The fourth-order valence-electron chi connectivity index (χ4n) is 1.64. The van der Waals surface area contributed by atoms with E-state index in [9.17, 15) is 9.59 Å². The van der Waals surface area contributed by atoms with Crippen LogP contribution in [-0.4, -0.2) is 11.6 Å². The van der Waals surface area contributed by atoms with E-state index in [1.807, 2.05) is 68.4 Å². The topological polar surface area (TPSA) is 81.7 Å². The summed E-state index contributed by atoms with van der Waals surface area (Å²) in [6.45, 7) is 20.6. The molecule has 0 bridgehead atoms. The van der Waals surface area contributed by atoms with Crippen LogP contribution in [0.4, 0.5) is 0 Å². The molecule has 0 unspecified atom stereocenters. The smallest absolute Gasteiger partial charge is 0.178 e. The number of carbonyl (C=O) groups is 2. The predicted molar refractivity (Wildman–Crippen MR) is 101 cm³/mol. The van der Waals surface area contributed by atoms with Crippen molar-refractivity contribution in [2.24, 2.45) is 16.2 Å². The summed E-state index contributed by atoms with van der Waals surface area (Å²) in [5.41, 5.74) is -0.347. The van der Waals surface area contributed by atoms with Gasteiger partial charge >= 0.3 is 0 Å². The fourth-order valence-corrected chi connectivity index (χ4v) is 1.64. The number of nitrogens with zero attached hydrogens (tertiary/aromatic N) is 2. The van der Waals surface area contributed by atoms with Crippen LogP contribution in [-0.2, 0) is 9.59 Å². The molecule has 0 heterocycles. The highest BCUT2D eigenvalue weighted by Gasteiger charge is 2.26. The van der Waals surface area contributed by atoms with Crippen LogP contribution in [0.3, 0.4) is 0 Å². The molecule has 0 saturated carbocycles. The minimum atomic E-state index is -0.479. The van der Waals surface area contributed by atoms with Crippen LogP contribution >= 0.6 is 0 Å². The lowest BCUT2D eigenvalue weighted by molar-refractivity contribution is -0.122. The SMILES string of the molecule is C=C(C#N)C(=O)CC(C)(C)C.CC(C)(C)/C=C(\C#N)C(=O)C(C)(C)C. The molecule has 0 saturated heterocycles. The van der Waals surface area contributed by atoms with E-state index < -0.39 is 5.41 Å². The summed E-state index contributed by atoms with van der Waals surface area (Å²) in [7, 11) is 0. The predicted octanol–water partition coefficient (Wildman–Crippen LogP) is 5.17. The quantitative estimate of drug-likeness (QED) is 0.522. The Hall–Kier alpha value is -2.20. The average Bonchev–Trinajstić information content (AvgIpc) is 2.39. The molecule has 0 rings (SSSR count). The standard InChI is InChI=1S/C12H19NO.C9H13NO/c1-11(2,3)7-9(8-13)10(14)12(4,5)6;1-7(6-10)8(11)5-9(2,3)4/h7H,1-6H3;1,5H2,2-4H3/b9-7+;. The van der Waals surface area contributed by atoms with Crippen molar-refractivity contribution in [3.63, 3.8) is 0 Å². The lowest BCUT2D eigenvalue weighted by atomic mass is 9.83. The van der Waals surface area contributed by atoms with Crippen LogP contribution in [0, 0.1) is 38.9 Å². The van der Waals surface area contributed by atoms with Gasteiger partial charge in [-0.3, -0.25) is 9.59 Å². The third kappa shape index (κ3) is 12.8. The van der Waals surface area contributed by atoms with Gasteiger partial charge in [0.1, 0.15) is 12.1 Å². The van der Waals surface area contributed by atoms with Gasteiger partial charge in [-0.25, -0.2) is 0 Å². The van der Waals surface area contributed by atoms with E-state index in [2.05, 4.69) is 6.58 Å². The van der Waals surface area contributed by atoms with E-state index in [1.54, 1.807) is 12.1 Å². The Morgan fingerprint density at radius 1 is 0.920 bits per heavy atom. The molecule has 0 aromatic rings. The summed E-state index contributed by atoms with van der Waals surface area (Å²) in [4.78, 5) is 22.9. The van der Waals surface area contributed by atoms with Crippen molar-refractivity contribution in [2.75, 3.05) is 0 Å². The summed E-state index contributed by atoms with van der Waals surface area (Å²) in [5, 5.41) is 17.2. The first-order chi connectivity index (χ1) is 10.9. The van der Waals surface area contributed by atoms with Crippen molar-refractivity contribution in [1.82, 2.24) is 0 Å². The summed E-state index contributed by atoms with van der Waals surface area (Å²) < 4.78 is 0. The summed E-state index contributed by atoms with van der Waals surface area (Å²) >= 11 is 0.